The summed E-state index contributed by atoms with van der Waals surface area (Å²) < 4.78 is 13.7. The monoisotopic (exact) mass is 223 g/mol. The summed E-state index contributed by atoms with van der Waals surface area (Å²) in [7, 11) is 1.76. The minimum absolute atomic E-state index is 0.0365. The van der Waals surface area contributed by atoms with Crippen LogP contribution in [0.3, 0.4) is 0 Å². The standard InChI is InChI=1S/C12H14FNO2/c1-14(8-4-2-5-8)11-9(12(15)16)6-3-7-10(11)13/h3,6-8H,2,4-5H2,1H3,(H,15,16). The van der Waals surface area contributed by atoms with E-state index in [-0.39, 0.29) is 17.3 Å². The molecule has 0 unspecified atom stereocenters. The van der Waals surface area contributed by atoms with Gasteiger partial charge in [0.15, 0.2) is 0 Å². The van der Waals surface area contributed by atoms with Crippen molar-refractivity contribution >= 4 is 11.7 Å². The van der Waals surface area contributed by atoms with Crippen molar-refractivity contribution in [3.63, 3.8) is 0 Å². The third-order valence-electron chi connectivity index (χ3n) is 3.19. The molecule has 0 atom stereocenters. The largest absolute Gasteiger partial charge is 0.478 e. The molecule has 1 N–H and O–H groups in total. The Labute approximate surface area is 93.5 Å². The molecule has 1 fully saturated rings. The zero-order valence-corrected chi connectivity index (χ0v) is 9.11. The van der Waals surface area contributed by atoms with Crippen molar-refractivity contribution < 1.29 is 14.3 Å². The Morgan fingerprint density at radius 3 is 2.69 bits per heavy atom. The Morgan fingerprint density at radius 1 is 1.50 bits per heavy atom. The molecule has 0 aliphatic heterocycles. The fraction of sp³-hybridized carbons (Fsp3) is 0.417. The first-order valence-corrected chi connectivity index (χ1v) is 5.36. The highest BCUT2D eigenvalue weighted by molar-refractivity contribution is 5.94. The average molecular weight is 223 g/mol. The van der Waals surface area contributed by atoms with Crippen LogP contribution in [0.25, 0.3) is 0 Å². The highest BCUT2D eigenvalue weighted by Crippen LogP contribution is 2.32. The van der Waals surface area contributed by atoms with Crippen LogP contribution >= 0.6 is 0 Å². The molecule has 1 saturated carbocycles. The molecule has 1 aliphatic rings. The molecule has 3 nitrogen and oxygen atoms in total. The van der Waals surface area contributed by atoms with Gasteiger partial charge in [-0.25, -0.2) is 9.18 Å². The fourth-order valence-electron chi connectivity index (χ4n) is 2.00. The zero-order chi connectivity index (χ0) is 11.7. The maximum atomic E-state index is 13.7. The van der Waals surface area contributed by atoms with E-state index in [1.54, 1.807) is 11.9 Å². The van der Waals surface area contributed by atoms with E-state index in [0.717, 1.165) is 19.3 Å². The lowest BCUT2D eigenvalue weighted by molar-refractivity contribution is 0.0697. The Morgan fingerprint density at radius 2 is 2.19 bits per heavy atom. The number of carboxylic acid groups (broad SMARTS) is 1. The van der Waals surface area contributed by atoms with Crippen LogP contribution in [0.2, 0.25) is 0 Å². The topological polar surface area (TPSA) is 40.5 Å². The second-order valence-corrected chi connectivity index (χ2v) is 4.14. The van der Waals surface area contributed by atoms with Crippen molar-refractivity contribution in [1.82, 2.24) is 0 Å². The van der Waals surface area contributed by atoms with Gasteiger partial charge in [-0.3, -0.25) is 0 Å². The first-order valence-electron chi connectivity index (χ1n) is 5.36. The smallest absolute Gasteiger partial charge is 0.337 e. The highest BCUT2D eigenvalue weighted by Gasteiger charge is 2.27. The van der Waals surface area contributed by atoms with Crippen LogP contribution in [0.1, 0.15) is 29.6 Å². The van der Waals surface area contributed by atoms with Crippen molar-refractivity contribution in [3.8, 4) is 0 Å². The van der Waals surface area contributed by atoms with Gasteiger partial charge in [0.25, 0.3) is 0 Å². The van der Waals surface area contributed by atoms with Gasteiger partial charge in [-0.05, 0) is 31.4 Å². The lowest BCUT2D eigenvalue weighted by Crippen LogP contribution is -2.38. The summed E-state index contributed by atoms with van der Waals surface area (Å²) in [6.07, 6.45) is 3.14. The van der Waals surface area contributed by atoms with E-state index >= 15 is 0 Å². The summed E-state index contributed by atoms with van der Waals surface area (Å²) in [5, 5.41) is 9.02. The number of rotatable bonds is 3. The minimum atomic E-state index is -1.08. The number of carboxylic acids is 1. The van der Waals surface area contributed by atoms with Crippen molar-refractivity contribution in [3.05, 3.63) is 29.6 Å². The Bertz CT molecular complexity index is 415. The molecule has 0 spiro atoms. The first kappa shape index (κ1) is 10.9. The van der Waals surface area contributed by atoms with Gasteiger partial charge >= 0.3 is 5.97 Å². The molecule has 2 rings (SSSR count). The number of benzene rings is 1. The summed E-state index contributed by atoms with van der Waals surface area (Å²) in [4.78, 5) is 12.8. The molecule has 1 aliphatic carbocycles. The van der Waals surface area contributed by atoms with Crippen LogP contribution in [0, 0.1) is 5.82 Å². The number of anilines is 1. The van der Waals surface area contributed by atoms with Gasteiger partial charge < -0.3 is 10.0 Å². The number of para-hydroxylation sites is 1. The third-order valence-corrected chi connectivity index (χ3v) is 3.19. The molecule has 4 heteroatoms. The van der Waals surface area contributed by atoms with Crippen LogP contribution in [0.15, 0.2) is 18.2 Å². The van der Waals surface area contributed by atoms with Gasteiger partial charge in [-0.2, -0.15) is 0 Å². The SMILES string of the molecule is CN(c1c(F)cccc1C(=O)O)C1CCC1. The molecular weight excluding hydrogens is 209 g/mol. The molecule has 0 amide bonds. The number of aromatic carboxylic acids is 1. The molecule has 0 heterocycles. The predicted molar refractivity (Wildman–Crippen MR) is 59.4 cm³/mol. The maximum absolute atomic E-state index is 13.7. The number of hydrogen-bond acceptors (Lipinski definition) is 2. The van der Waals surface area contributed by atoms with Crippen molar-refractivity contribution in [2.75, 3.05) is 11.9 Å². The van der Waals surface area contributed by atoms with Gasteiger partial charge in [0.2, 0.25) is 0 Å². The van der Waals surface area contributed by atoms with Crippen LogP contribution < -0.4 is 4.90 Å². The normalized spacial score (nSPS) is 15.6. The van der Waals surface area contributed by atoms with Gasteiger partial charge in [-0.1, -0.05) is 6.07 Å². The summed E-state index contributed by atoms with van der Waals surface area (Å²) in [5.74, 6) is -1.55. The molecule has 86 valence electrons. The molecule has 1 aromatic rings. The minimum Gasteiger partial charge on any atom is -0.478 e. The quantitative estimate of drug-likeness (QED) is 0.855. The second-order valence-electron chi connectivity index (χ2n) is 4.14. The van der Waals surface area contributed by atoms with E-state index < -0.39 is 11.8 Å². The molecule has 1 aromatic carbocycles. The van der Waals surface area contributed by atoms with E-state index in [0.29, 0.717) is 0 Å². The summed E-state index contributed by atoms with van der Waals surface area (Å²) in [6, 6.07) is 4.44. The van der Waals surface area contributed by atoms with E-state index in [2.05, 4.69) is 0 Å². The van der Waals surface area contributed by atoms with Crippen LogP contribution in [-0.4, -0.2) is 24.2 Å². The fourth-order valence-corrected chi connectivity index (χ4v) is 2.00. The molecule has 0 saturated heterocycles. The Balaban J connectivity index is 2.40. The number of nitrogens with zero attached hydrogens (tertiary/aromatic N) is 1. The molecule has 0 radical (unpaired) electrons. The van der Waals surface area contributed by atoms with Crippen LogP contribution in [-0.2, 0) is 0 Å². The number of halogens is 1. The Hall–Kier alpha value is -1.58. The van der Waals surface area contributed by atoms with E-state index in [1.165, 1.54) is 18.2 Å². The van der Waals surface area contributed by atoms with E-state index in [1.807, 2.05) is 0 Å². The molecule has 0 aromatic heterocycles. The number of carbonyl (C=O) groups is 1. The van der Waals surface area contributed by atoms with Crippen molar-refractivity contribution in [1.29, 1.82) is 0 Å². The summed E-state index contributed by atoms with van der Waals surface area (Å²) in [6.45, 7) is 0. The summed E-state index contributed by atoms with van der Waals surface area (Å²) in [5.41, 5.74) is 0.245. The van der Waals surface area contributed by atoms with E-state index in [4.69, 9.17) is 5.11 Å². The van der Waals surface area contributed by atoms with Crippen molar-refractivity contribution in [2.45, 2.75) is 25.3 Å². The molecule has 16 heavy (non-hydrogen) atoms. The predicted octanol–water partition coefficient (Wildman–Crippen LogP) is 2.51. The summed E-state index contributed by atoms with van der Waals surface area (Å²) >= 11 is 0. The third kappa shape index (κ3) is 1.75. The first-order chi connectivity index (χ1) is 7.61. The van der Waals surface area contributed by atoms with Crippen LogP contribution in [0.4, 0.5) is 10.1 Å². The maximum Gasteiger partial charge on any atom is 0.337 e. The lowest BCUT2D eigenvalue weighted by atomic mass is 9.91. The van der Waals surface area contributed by atoms with E-state index in [9.17, 15) is 9.18 Å². The molecule has 0 bridgehead atoms. The van der Waals surface area contributed by atoms with Gasteiger partial charge in [0.05, 0.1) is 11.3 Å². The van der Waals surface area contributed by atoms with Gasteiger partial charge in [-0.15, -0.1) is 0 Å². The Kier molecular flexibility index (Phi) is 2.81. The number of hydrogen-bond donors (Lipinski definition) is 1. The van der Waals surface area contributed by atoms with Crippen molar-refractivity contribution in [2.24, 2.45) is 0 Å². The highest BCUT2D eigenvalue weighted by atomic mass is 19.1. The zero-order valence-electron chi connectivity index (χ0n) is 9.11. The van der Waals surface area contributed by atoms with Gasteiger partial charge in [0.1, 0.15) is 5.82 Å². The van der Waals surface area contributed by atoms with Crippen LogP contribution in [0.5, 0.6) is 0 Å². The van der Waals surface area contributed by atoms with Gasteiger partial charge in [0, 0.05) is 13.1 Å². The molecular formula is C12H14FNO2. The second kappa shape index (κ2) is 4.12. The average Bonchev–Trinajstić information content (AvgIpc) is 2.14. The lowest BCUT2D eigenvalue weighted by Gasteiger charge is -2.37.